The predicted molar refractivity (Wildman–Crippen MR) is 85.3 cm³/mol. The van der Waals surface area contributed by atoms with Crippen molar-refractivity contribution in [2.45, 2.75) is 17.4 Å². The molecule has 0 aliphatic carbocycles. The summed E-state index contributed by atoms with van der Waals surface area (Å²) >= 11 is 0. The van der Waals surface area contributed by atoms with E-state index in [0.29, 0.717) is 16.2 Å². The zero-order chi connectivity index (χ0) is 15.6. The Labute approximate surface area is 130 Å². The molecule has 0 aromatic heterocycles. The van der Waals surface area contributed by atoms with Crippen LogP contribution in [0.25, 0.3) is 0 Å². The first-order chi connectivity index (χ1) is 10.6. The third-order valence-corrected chi connectivity index (χ3v) is 6.19. The van der Waals surface area contributed by atoms with Gasteiger partial charge in [-0.1, -0.05) is 30.3 Å². The summed E-state index contributed by atoms with van der Waals surface area (Å²) in [6, 6.07) is 16.6. The van der Waals surface area contributed by atoms with Crippen molar-refractivity contribution in [1.29, 1.82) is 0 Å². The zero-order valence-electron chi connectivity index (χ0n) is 12.3. The minimum Gasteiger partial charge on any atom is -0.465 e. The molecule has 0 unspecified atom stereocenters. The zero-order valence-corrected chi connectivity index (χ0v) is 13.1. The van der Waals surface area contributed by atoms with Crippen LogP contribution in [-0.4, -0.2) is 23.0 Å². The minimum atomic E-state index is -2.41. The average molecular weight is 315 g/mol. The lowest BCUT2D eigenvalue weighted by Crippen LogP contribution is -2.04. The van der Waals surface area contributed by atoms with Gasteiger partial charge >= 0.3 is 5.97 Å². The molecule has 22 heavy (non-hydrogen) atoms. The molecule has 114 valence electrons. The molecule has 0 bridgehead atoms. The van der Waals surface area contributed by atoms with E-state index in [-0.39, 0.29) is 6.04 Å². The van der Waals surface area contributed by atoms with Gasteiger partial charge in [-0.05, 0) is 36.2 Å². The fourth-order valence-electron chi connectivity index (χ4n) is 2.59. The van der Waals surface area contributed by atoms with Crippen LogP contribution >= 0.6 is 0 Å². The van der Waals surface area contributed by atoms with Gasteiger partial charge in [0.2, 0.25) is 0 Å². The second-order valence-corrected chi connectivity index (χ2v) is 7.55. The van der Waals surface area contributed by atoms with Gasteiger partial charge in [0.25, 0.3) is 0 Å². The Kier molecular flexibility index (Phi) is 3.98. The van der Waals surface area contributed by atoms with Crippen LogP contribution in [0.4, 0.5) is 0 Å². The van der Waals surface area contributed by atoms with Crippen molar-refractivity contribution in [2.75, 3.05) is 12.9 Å². The molecule has 2 aromatic rings. The van der Waals surface area contributed by atoms with E-state index >= 15 is 0 Å². The first kappa shape index (κ1) is 14.8. The number of hydrogen-bond acceptors (Lipinski definition) is 4. The third-order valence-electron chi connectivity index (χ3n) is 3.79. The van der Waals surface area contributed by atoms with Crippen molar-refractivity contribution < 1.29 is 13.7 Å². The van der Waals surface area contributed by atoms with Gasteiger partial charge in [-0.25, -0.2) is 13.4 Å². The molecule has 3 rings (SSSR count). The number of carbonyl (C=O) groups excluding carboxylic acids is 1. The van der Waals surface area contributed by atoms with Gasteiger partial charge in [-0.2, -0.15) is 0 Å². The Morgan fingerprint density at radius 3 is 2.45 bits per heavy atom. The van der Waals surface area contributed by atoms with Crippen LogP contribution < -0.4 is 0 Å². The maximum Gasteiger partial charge on any atom is 0.337 e. The van der Waals surface area contributed by atoms with Crippen molar-refractivity contribution in [3.8, 4) is 0 Å². The Bertz CT molecular complexity index is 790. The topological polar surface area (TPSA) is 55.7 Å². The number of esters is 1. The summed E-state index contributed by atoms with van der Waals surface area (Å²) in [5.74, 6) is 0.149. The normalized spacial score (nSPS) is 23.8. The van der Waals surface area contributed by atoms with Gasteiger partial charge in [0.05, 0.1) is 28.4 Å². The van der Waals surface area contributed by atoms with E-state index in [0.717, 1.165) is 12.0 Å². The van der Waals surface area contributed by atoms with Gasteiger partial charge in [-0.15, -0.1) is 0 Å². The Morgan fingerprint density at radius 2 is 1.82 bits per heavy atom. The van der Waals surface area contributed by atoms with Gasteiger partial charge in [-0.3, -0.25) is 0 Å². The number of benzene rings is 2. The molecule has 4 nitrogen and oxygen atoms in total. The summed E-state index contributed by atoms with van der Waals surface area (Å²) in [6.07, 6.45) is 0.779. The summed E-state index contributed by atoms with van der Waals surface area (Å²) in [5, 5.41) is 0. The van der Waals surface area contributed by atoms with Crippen LogP contribution in [0.3, 0.4) is 0 Å². The summed E-state index contributed by atoms with van der Waals surface area (Å²) in [5.41, 5.74) is 1.55. The molecule has 5 heteroatoms. The lowest BCUT2D eigenvalue weighted by molar-refractivity contribution is 0.0600. The highest BCUT2D eigenvalue weighted by Crippen LogP contribution is 2.33. The number of nitrogens with zero attached hydrogens (tertiary/aromatic N) is 1. The number of hydrogen-bond donors (Lipinski definition) is 0. The monoisotopic (exact) mass is 315 g/mol. The van der Waals surface area contributed by atoms with E-state index in [1.807, 2.05) is 30.3 Å². The summed E-state index contributed by atoms with van der Waals surface area (Å²) in [4.78, 5) is 12.1. The van der Waals surface area contributed by atoms with Gasteiger partial charge in [0, 0.05) is 10.6 Å². The van der Waals surface area contributed by atoms with Gasteiger partial charge < -0.3 is 4.74 Å². The average Bonchev–Trinajstić information content (AvgIpc) is 2.99. The molecule has 2 atom stereocenters. The Balaban J connectivity index is 1.91. The van der Waals surface area contributed by atoms with E-state index in [9.17, 15) is 9.00 Å². The van der Waals surface area contributed by atoms with Crippen LogP contribution in [0.1, 0.15) is 28.4 Å². The smallest absolute Gasteiger partial charge is 0.337 e. The Morgan fingerprint density at radius 1 is 1.14 bits per heavy atom. The van der Waals surface area contributed by atoms with Crippen LogP contribution in [0.2, 0.25) is 0 Å². The largest absolute Gasteiger partial charge is 0.465 e. The molecular formula is C17H17NO3S. The highest BCUT2D eigenvalue weighted by Gasteiger charge is 2.26. The minimum absolute atomic E-state index is 0.0195. The summed E-state index contributed by atoms with van der Waals surface area (Å²) in [6.45, 7) is 0. The van der Waals surface area contributed by atoms with Crippen LogP contribution in [0.15, 0.2) is 63.9 Å². The maximum atomic E-state index is 13.0. The first-order valence-electron chi connectivity index (χ1n) is 7.10. The van der Waals surface area contributed by atoms with Gasteiger partial charge in [0.15, 0.2) is 0 Å². The standard InChI is InChI=1S/C17H17NO3S/c1-21-17(19)14-7-9-15(10-8-14)22(20)12-11-16(18-22)13-5-3-2-4-6-13/h2-10,16H,11-12H2,1H3/t16-,22-/m1/s1. The molecule has 2 aromatic carbocycles. The van der Waals surface area contributed by atoms with E-state index < -0.39 is 15.7 Å². The molecule has 0 amide bonds. The second-order valence-electron chi connectivity index (χ2n) is 5.18. The van der Waals surface area contributed by atoms with Gasteiger partial charge in [0.1, 0.15) is 0 Å². The third kappa shape index (κ3) is 2.76. The van der Waals surface area contributed by atoms with E-state index in [1.54, 1.807) is 24.3 Å². The Hall–Kier alpha value is -2.14. The molecule has 0 fully saturated rings. The summed E-state index contributed by atoms with van der Waals surface area (Å²) in [7, 11) is -1.07. The SMILES string of the molecule is COC(=O)c1ccc([S@@]2(=O)=N[C@@H](c3ccccc3)CC2)cc1. The van der Waals surface area contributed by atoms with Crippen LogP contribution in [-0.2, 0) is 14.5 Å². The molecule has 0 spiro atoms. The first-order valence-corrected chi connectivity index (χ1v) is 8.78. The molecule has 1 aliphatic rings. The number of methoxy groups -OCH3 is 1. The molecule has 0 saturated carbocycles. The lowest BCUT2D eigenvalue weighted by atomic mass is 10.1. The van der Waals surface area contributed by atoms with Crippen molar-refractivity contribution in [1.82, 2.24) is 0 Å². The summed E-state index contributed by atoms with van der Waals surface area (Å²) < 4.78 is 22.3. The van der Waals surface area contributed by atoms with Crippen LogP contribution in [0.5, 0.6) is 0 Å². The van der Waals surface area contributed by atoms with Crippen molar-refractivity contribution >= 4 is 15.7 Å². The highest BCUT2D eigenvalue weighted by molar-refractivity contribution is 7.93. The molecule has 1 heterocycles. The molecule has 0 saturated heterocycles. The number of carbonyl (C=O) groups is 1. The molecule has 0 N–H and O–H groups in total. The fraction of sp³-hybridized carbons (Fsp3) is 0.235. The second kappa shape index (κ2) is 5.93. The molecular weight excluding hydrogens is 298 g/mol. The van der Waals surface area contributed by atoms with E-state index in [2.05, 4.69) is 9.10 Å². The number of rotatable bonds is 3. The van der Waals surface area contributed by atoms with Crippen molar-refractivity contribution in [3.63, 3.8) is 0 Å². The fourth-order valence-corrected chi connectivity index (χ4v) is 4.79. The maximum absolute atomic E-state index is 13.0. The molecule has 1 aliphatic heterocycles. The molecule has 0 radical (unpaired) electrons. The number of ether oxygens (including phenoxy) is 1. The quantitative estimate of drug-likeness (QED) is 0.815. The van der Waals surface area contributed by atoms with E-state index in [1.165, 1.54) is 7.11 Å². The highest BCUT2D eigenvalue weighted by atomic mass is 32.2. The predicted octanol–water partition coefficient (Wildman–Crippen LogP) is 3.45. The van der Waals surface area contributed by atoms with Crippen molar-refractivity contribution in [2.24, 2.45) is 4.36 Å². The van der Waals surface area contributed by atoms with E-state index in [4.69, 9.17) is 0 Å². The van der Waals surface area contributed by atoms with Crippen LogP contribution in [0, 0.1) is 0 Å². The van der Waals surface area contributed by atoms with Crippen molar-refractivity contribution in [3.05, 3.63) is 65.7 Å². The lowest BCUT2D eigenvalue weighted by Gasteiger charge is -2.06.